The highest BCUT2D eigenvalue weighted by atomic mass is 16.5. The van der Waals surface area contributed by atoms with Crippen molar-refractivity contribution in [1.82, 2.24) is 0 Å². The zero-order chi connectivity index (χ0) is 16.1. The molecule has 2 aromatic rings. The predicted octanol–water partition coefficient (Wildman–Crippen LogP) is 1.40. The molecule has 0 heterocycles. The summed E-state index contributed by atoms with van der Waals surface area (Å²) in [5.74, 6) is -1.09. The summed E-state index contributed by atoms with van der Waals surface area (Å²) in [6.07, 6.45) is 0. The molecule has 0 atom stereocenters. The standard InChI is InChI=1S/C17H17NO4/c1-12-7-9-13(10-8-12)22-11-16(19)18(2)15-6-4-3-5-14(15)17(20)21/h3-10H,11H2,1-2H3,(H,20,21)/p-1. The van der Waals surface area contributed by atoms with Gasteiger partial charge in [-0.3, -0.25) is 4.79 Å². The van der Waals surface area contributed by atoms with Crippen LogP contribution in [0.3, 0.4) is 0 Å². The number of rotatable bonds is 5. The van der Waals surface area contributed by atoms with E-state index in [2.05, 4.69) is 0 Å². The molecule has 114 valence electrons. The van der Waals surface area contributed by atoms with Crippen molar-refractivity contribution in [2.45, 2.75) is 6.92 Å². The molecule has 22 heavy (non-hydrogen) atoms. The number of aryl methyl sites for hydroxylation is 1. The highest BCUT2D eigenvalue weighted by Gasteiger charge is 2.15. The Labute approximate surface area is 128 Å². The van der Waals surface area contributed by atoms with Crippen LogP contribution < -0.4 is 14.7 Å². The number of hydrogen-bond acceptors (Lipinski definition) is 4. The van der Waals surface area contributed by atoms with Gasteiger partial charge in [-0.1, -0.05) is 35.9 Å². The summed E-state index contributed by atoms with van der Waals surface area (Å²) in [6.45, 7) is 1.78. The second kappa shape index (κ2) is 6.76. The van der Waals surface area contributed by atoms with Crippen molar-refractivity contribution in [2.24, 2.45) is 0 Å². The number of carbonyl (C=O) groups is 2. The van der Waals surface area contributed by atoms with Crippen molar-refractivity contribution in [3.05, 3.63) is 59.7 Å². The van der Waals surface area contributed by atoms with Crippen LogP contribution in [0.15, 0.2) is 48.5 Å². The van der Waals surface area contributed by atoms with E-state index in [-0.39, 0.29) is 23.8 Å². The molecule has 0 saturated heterocycles. The summed E-state index contributed by atoms with van der Waals surface area (Å²) in [6, 6.07) is 13.5. The van der Waals surface area contributed by atoms with Crippen LogP contribution in [0.1, 0.15) is 15.9 Å². The van der Waals surface area contributed by atoms with E-state index in [1.165, 1.54) is 18.0 Å². The first-order valence-electron chi connectivity index (χ1n) is 6.75. The molecule has 0 fully saturated rings. The van der Waals surface area contributed by atoms with Gasteiger partial charge in [0.05, 0.1) is 11.7 Å². The maximum absolute atomic E-state index is 12.1. The molecule has 0 radical (unpaired) electrons. The number of ether oxygens (including phenoxy) is 1. The summed E-state index contributed by atoms with van der Waals surface area (Å²) in [4.78, 5) is 24.5. The molecule has 0 saturated carbocycles. The van der Waals surface area contributed by atoms with Gasteiger partial charge in [-0.15, -0.1) is 0 Å². The first-order chi connectivity index (χ1) is 10.5. The maximum atomic E-state index is 12.1. The van der Waals surface area contributed by atoms with Crippen LogP contribution in [0, 0.1) is 6.92 Å². The quantitative estimate of drug-likeness (QED) is 0.836. The Kier molecular flexibility index (Phi) is 4.78. The highest BCUT2D eigenvalue weighted by Crippen LogP contribution is 2.19. The van der Waals surface area contributed by atoms with Crippen molar-refractivity contribution in [1.29, 1.82) is 0 Å². The number of likely N-dealkylation sites (N-methyl/N-ethyl adjacent to an activating group) is 1. The Morgan fingerprint density at radius 2 is 1.73 bits per heavy atom. The Bertz CT molecular complexity index is 679. The Morgan fingerprint density at radius 3 is 2.36 bits per heavy atom. The third kappa shape index (κ3) is 3.63. The van der Waals surface area contributed by atoms with Gasteiger partial charge in [0, 0.05) is 12.6 Å². The van der Waals surface area contributed by atoms with Crippen LogP contribution >= 0.6 is 0 Å². The van der Waals surface area contributed by atoms with E-state index in [0.29, 0.717) is 5.75 Å². The van der Waals surface area contributed by atoms with Crippen molar-refractivity contribution < 1.29 is 19.4 Å². The lowest BCUT2D eigenvalue weighted by atomic mass is 10.1. The molecule has 2 aromatic carbocycles. The van der Waals surface area contributed by atoms with E-state index in [1.807, 2.05) is 19.1 Å². The van der Waals surface area contributed by atoms with Gasteiger partial charge in [0.15, 0.2) is 6.61 Å². The number of nitrogens with zero attached hydrogens (tertiary/aromatic N) is 1. The number of carbonyl (C=O) groups excluding carboxylic acids is 2. The van der Waals surface area contributed by atoms with Crippen LogP contribution in [-0.2, 0) is 4.79 Å². The fraction of sp³-hybridized carbons (Fsp3) is 0.176. The summed E-state index contributed by atoms with van der Waals surface area (Å²) in [5.41, 5.74) is 1.34. The molecule has 0 unspecified atom stereocenters. The number of para-hydroxylation sites is 1. The summed E-state index contributed by atoms with van der Waals surface area (Å²) in [5, 5.41) is 11.1. The zero-order valence-electron chi connectivity index (χ0n) is 12.4. The molecule has 0 aliphatic carbocycles. The van der Waals surface area contributed by atoms with E-state index in [4.69, 9.17) is 4.74 Å². The molecule has 1 amide bonds. The molecule has 0 bridgehead atoms. The summed E-state index contributed by atoms with van der Waals surface area (Å²) < 4.78 is 5.41. The molecule has 0 spiro atoms. The lowest BCUT2D eigenvalue weighted by molar-refractivity contribution is -0.254. The predicted molar refractivity (Wildman–Crippen MR) is 80.9 cm³/mol. The van der Waals surface area contributed by atoms with Crippen LogP contribution in [0.5, 0.6) is 5.75 Å². The van der Waals surface area contributed by atoms with E-state index >= 15 is 0 Å². The average Bonchev–Trinajstić information content (AvgIpc) is 2.53. The van der Waals surface area contributed by atoms with Gasteiger partial charge in [0.1, 0.15) is 5.75 Å². The minimum atomic E-state index is -1.32. The van der Waals surface area contributed by atoms with E-state index in [9.17, 15) is 14.7 Å². The molecule has 5 nitrogen and oxygen atoms in total. The van der Waals surface area contributed by atoms with Crippen LogP contribution in [-0.4, -0.2) is 25.5 Å². The number of anilines is 1. The molecule has 0 aliphatic rings. The molecule has 0 aromatic heterocycles. The Hall–Kier alpha value is -2.82. The fourth-order valence-electron chi connectivity index (χ4n) is 1.95. The van der Waals surface area contributed by atoms with Crippen LogP contribution in [0.4, 0.5) is 5.69 Å². The van der Waals surface area contributed by atoms with Crippen LogP contribution in [0.25, 0.3) is 0 Å². The van der Waals surface area contributed by atoms with E-state index in [0.717, 1.165) is 5.56 Å². The van der Waals surface area contributed by atoms with Gasteiger partial charge < -0.3 is 19.5 Å². The van der Waals surface area contributed by atoms with Gasteiger partial charge >= 0.3 is 0 Å². The maximum Gasteiger partial charge on any atom is 0.264 e. The highest BCUT2D eigenvalue weighted by molar-refractivity contribution is 6.01. The number of amides is 1. The van der Waals surface area contributed by atoms with Crippen molar-refractivity contribution in [3.63, 3.8) is 0 Å². The topological polar surface area (TPSA) is 69.7 Å². The van der Waals surface area contributed by atoms with E-state index in [1.54, 1.807) is 30.3 Å². The lowest BCUT2D eigenvalue weighted by Gasteiger charge is -2.21. The molecule has 5 heteroatoms. The SMILES string of the molecule is Cc1ccc(OCC(=O)N(C)c2ccccc2C(=O)[O-])cc1. The minimum absolute atomic E-state index is 0.0336. The molecule has 0 N–H and O–H groups in total. The smallest absolute Gasteiger partial charge is 0.264 e. The number of benzene rings is 2. The first kappa shape index (κ1) is 15.6. The van der Waals surface area contributed by atoms with Gasteiger partial charge in [0.2, 0.25) is 0 Å². The van der Waals surface area contributed by atoms with Gasteiger partial charge in [-0.05, 0) is 25.1 Å². The summed E-state index contributed by atoms with van der Waals surface area (Å²) >= 11 is 0. The third-order valence-corrected chi connectivity index (χ3v) is 3.24. The first-order valence-corrected chi connectivity index (χ1v) is 6.75. The second-order valence-electron chi connectivity index (χ2n) is 4.86. The van der Waals surface area contributed by atoms with Crippen LogP contribution in [0.2, 0.25) is 0 Å². The lowest BCUT2D eigenvalue weighted by Crippen LogP contribution is -2.34. The number of hydrogen-bond donors (Lipinski definition) is 0. The minimum Gasteiger partial charge on any atom is -0.545 e. The monoisotopic (exact) mass is 298 g/mol. The third-order valence-electron chi connectivity index (χ3n) is 3.24. The zero-order valence-corrected chi connectivity index (χ0v) is 12.4. The van der Waals surface area contributed by atoms with Crippen molar-refractivity contribution in [2.75, 3.05) is 18.6 Å². The number of carboxylic acid groups (broad SMARTS) is 1. The Morgan fingerprint density at radius 1 is 1.09 bits per heavy atom. The van der Waals surface area contributed by atoms with Gasteiger partial charge in [-0.25, -0.2) is 0 Å². The van der Waals surface area contributed by atoms with Gasteiger partial charge in [0.25, 0.3) is 5.91 Å². The van der Waals surface area contributed by atoms with Gasteiger partial charge in [-0.2, -0.15) is 0 Å². The molecular weight excluding hydrogens is 282 g/mol. The molecule has 0 aliphatic heterocycles. The summed E-state index contributed by atoms with van der Waals surface area (Å²) in [7, 11) is 1.50. The van der Waals surface area contributed by atoms with Crippen molar-refractivity contribution >= 4 is 17.6 Å². The largest absolute Gasteiger partial charge is 0.545 e. The average molecular weight is 298 g/mol. The second-order valence-corrected chi connectivity index (χ2v) is 4.86. The fourth-order valence-corrected chi connectivity index (χ4v) is 1.95. The molecular formula is C17H16NO4-. The molecule has 2 rings (SSSR count). The van der Waals surface area contributed by atoms with Crippen molar-refractivity contribution in [3.8, 4) is 5.75 Å². The number of carboxylic acids is 1. The van der Waals surface area contributed by atoms with E-state index < -0.39 is 5.97 Å². The normalized spacial score (nSPS) is 10.1. The Balaban J connectivity index is 2.06. The number of aromatic carboxylic acids is 1.